The van der Waals surface area contributed by atoms with E-state index < -0.39 is 0 Å². The van der Waals surface area contributed by atoms with E-state index >= 15 is 0 Å². The van der Waals surface area contributed by atoms with Crippen molar-refractivity contribution in [3.8, 4) is 0 Å². The van der Waals surface area contributed by atoms with Crippen LogP contribution in [0, 0.1) is 6.92 Å². The molecule has 4 heteroatoms. The Kier molecular flexibility index (Phi) is 3.06. The number of aromatic nitrogens is 2. The summed E-state index contributed by atoms with van der Waals surface area (Å²) in [5.41, 5.74) is 10.8. The van der Waals surface area contributed by atoms with Crippen molar-refractivity contribution in [1.29, 1.82) is 0 Å². The molecule has 3 aromatic rings. The molecule has 0 bridgehead atoms. The normalized spacial score (nSPS) is 10.9. The van der Waals surface area contributed by atoms with Crippen molar-refractivity contribution in [3.63, 3.8) is 0 Å². The lowest BCUT2D eigenvalue weighted by molar-refractivity contribution is 0.974. The number of anilines is 3. The summed E-state index contributed by atoms with van der Waals surface area (Å²) < 4.78 is 0. The molecular weight excluding hydrogens is 248 g/mol. The molecule has 0 aliphatic heterocycles. The summed E-state index contributed by atoms with van der Waals surface area (Å²) in [5.74, 6) is 0.844. The molecule has 0 amide bonds. The SMILES string of the molecule is CCN(c1ccc(C)cc1)c1nc2ccc(N)cc2[nH]1. The molecule has 3 N–H and O–H groups in total. The number of H-pyrrole nitrogens is 1. The molecular formula is C16H18N4. The van der Waals surface area contributed by atoms with E-state index in [0.29, 0.717) is 0 Å². The lowest BCUT2D eigenvalue weighted by Crippen LogP contribution is -2.17. The number of hydrogen-bond donors (Lipinski definition) is 2. The van der Waals surface area contributed by atoms with Gasteiger partial charge in [-0.15, -0.1) is 0 Å². The first-order valence-corrected chi connectivity index (χ1v) is 6.77. The molecule has 0 saturated heterocycles. The van der Waals surface area contributed by atoms with E-state index in [-0.39, 0.29) is 0 Å². The Labute approximate surface area is 118 Å². The second kappa shape index (κ2) is 4.89. The minimum atomic E-state index is 0.742. The van der Waals surface area contributed by atoms with E-state index in [1.165, 1.54) is 5.56 Å². The summed E-state index contributed by atoms with van der Waals surface area (Å²) in [4.78, 5) is 10.1. The Balaban J connectivity index is 2.04. The van der Waals surface area contributed by atoms with Crippen LogP contribution in [0.4, 0.5) is 17.3 Å². The minimum absolute atomic E-state index is 0.742. The summed E-state index contributed by atoms with van der Waals surface area (Å²) in [6.07, 6.45) is 0. The third-order valence-corrected chi connectivity index (χ3v) is 3.41. The number of hydrogen-bond acceptors (Lipinski definition) is 3. The molecule has 0 fully saturated rings. The molecule has 0 spiro atoms. The Hall–Kier alpha value is -2.49. The third kappa shape index (κ3) is 2.20. The van der Waals surface area contributed by atoms with Crippen molar-refractivity contribution >= 4 is 28.4 Å². The summed E-state index contributed by atoms with van der Waals surface area (Å²) in [7, 11) is 0. The molecule has 1 heterocycles. The topological polar surface area (TPSA) is 57.9 Å². The number of benzene rings is 2. The summed E-state index contributed by atoms with van der Waals surface area (Å²) in [6.45, 7) is 5.05. The zero-order valence-electron chi connectivity index (χ0n) is 11.7. The van der Waals surface area contributed by atoms with Crippen molar-refractivity contribution in [2.75, 3.05) is 17.2 Å². The van der Waals surface area contributed by atoms with Gasteiger partial charge in [-0.2, -0.15) is 0 Å². The maximum Gasteiger partial charge on any atom is 0.208 e. The van der Waals surface area contributed by atoms with Crippen LogP contribution in [0.5, 0.6) is 0 Å². The number of nitrogens with one attached hydrogen (secondary N) is 1. The van der Waals surface area contributed by atoms with E-state index in [1.54, 1.807) is 0 Å². The number of nitrogen functional groups attached to an aromatic ring is 1. The van der Waals surface area contributed by atoms with Crippen LogP contribution in [0.25, 0.3) is 11.0 Å². The molecule has 0 radical (unpaired) electrons. The quantitative estimate of drug-likeness (QED) is 0.712. The van der Waals surface area contributed by atoms with E-state index in [0.717, 1.165) is 34.9 Å². The number of fused-ring (bicyclic) bond motifs is 1. The highest BCUT2D eigenvalue weighted by molar-refractivity contribution is 5.81. The number of nitrogens with two attached hydrogens (primary N) is 1. The maximum atomic E-state index is 5.81. The van der Waals surface area contributed by atoms with Crippen LogP contribution >= 0.6 is 0 Å². The minimum Gasteiger partial charge on any atom is -0.399 e. The summed E-state index contributed by atoms with van der Waals surface area (Å²) >= 11 is 0. The van der Waals surface area contributed by atoms with Gasteiger partial charge in [0.2, 0.25) is 5.95 Å². The molecule has 0 unspecified atom stereocenters. The Morgan fingerprint density at radius 1 is 1.15 bits per heavy atom. The van der Waals surface area contributed by atoms with E-state index in [9.17, 15) is 0 Å². The van der Waals surface area contributed by atoms with E-state index in [2.05, 4.69) is 53.0 Å². The number of nitrogens with zero attached hydrogens (tertiary/aromatic N) is 2. The molecule has 0 aliphatic carbocycles. The summed E-state index contributed by atoms with van der Waals surface area (Å²) in [5, 5.41) is 0. The molecule has 0 atom stereocenters. The second-order valence-corrected chi connectivity index (χ2v) is 4.92. The zero-order chi connectivity index (χ0) is 14.1. The van der Waals surface area contributed by atoms with Gasteiger partial charge in [0, 0.05) is 17.9 Å². The number of imidazole rings is 1. The van der Waals surface area contributed by atoms with Gasteiger partial charge in [0.1, 0.15) is 0 Å². The van der Waals surface area contributed by atoms with E-state index in [1.807, 2.05) is 18.2 Å². The van der Waals surface area contributed by atoms with Gasteiger partial charge >= 0.3 is 0 Å². The average Bonchev–Trinajstić information content (AvgIpc) is 2.84. The first-order chi connectivity index (χ1) is 9.67. The van der Waals surface area contributed by atoms with Crippen molar-refractivity contribution in [3.05, 3.63) is 48.0 Å². The summed E-state index contributed by atoms with van der Waals surface area (Å²) in [6, 6.07) is 14.2. The van der Waals surface area contributed by atoms with Gasteiger partial charge in [-0.1, -0.05) is 17.7 Å². The fourth-order valence-electron chi connectivity index (χ4n) is 2.32. The highest BCUT2D eigenvalue weighted by Crippen LogP contribution is 2.26. The van der Waals surface area contributed by atoms with Crippen molar-refractivity contribution in [2.24, 2.45) is 0 Å². The average molecular weight is 266 g/mol. The molecule has 102 valence electrons. The van der Waals surface area contributed by atoms with Gasteiger partial charge < -0.3 is 15.6 Å². The van der Waals surface area contributed by atoms with Crippen LogP contribution in [0.15, 0.2) is 42.5 Å². The van der Waals surface area contributed by atoms with Crippen molar-refractivity contribution in [1.82, 2.24) is 9.97 Å². The van der Waals surface area contributed by atoms with Crippen LogP contribution in [-0.2, 0) is 0 Å². The second-order valence-electron chi connectivity index (χ2n) is 4.92. The van der Waals surface area contributed by atoms with Gasteiger partial charge in [-0.05, 0) is 44.2 Å². The van der Waals surface area contributed by atoms with Gasteiger partial charge in [-0.3, -0.25) is 0 Å². The largest absolute Gasteiger partial charge is 0.399 e. The van der Waals surface area contributed by atoms with Gasteiger partial charge in [0.15, 0.2) is 0 Å². The van der Waals surface area contributed by atoms with Gasteiger partial charge in [-0.25, -0.2) is 4.98 Å². The maximum absolute atomic E-state index is 5.81. The third-order valence-electron chi connectivity index (χ3n) is 3.41. The Bertz CT molecular complexity index is 728. The molecule has 1 aromatic heterocycles. The van der Waals surface area contributed by atoms with E-state index in [4.69, 9.17) is 5.73 Å². The highest BCUT2D eigenvalue weighted by atomic mass is 15.3. The predicted molar refractivity (Wildman–Crippen MR) is 84.4 cm³/mol. The molecule has 0 aliphatic rings. The molecule has 20 heavy (non-hydrogen) atoms. The van der Waals surface area contributed by atoms with Crippen molar-refractivity contribution < 1.29 is 0 Å². The fraction of sp³-hybridized carbons (Fsp3) is 0.188. The lowest BCUT2D eigenvalue weighted by Gasteiger charge is -2.20. The molecule has 0 saturated carbocycles. The van der Waals surface area contributed by atoms with Gasteiger partial charge in [0.05, 0.1) is 11.0 Å². The predicted octanol–water partition coefficient (Wildman–Crippen LogP) is 3.61. The monoisotopic (exact) mass is 266 g/mol. The number of rotatable bonds is 3. The smallest absolute Gasteiger partial charge is 0.208 e. The van der Waals surface area contributed by atoms with Crippen LogP contribution in [-0.4, -0.2) is 16.5 Å². The first-order valence-electron chi connectivity index (χ1n) is 6.77. The fourth-order valence-corrected chi connectivity index (χ4v) is 2.32. The standard InChI is InChI=1S/C16H18N4/c1-3-20(13-7-4-11(2)5-8-13)16-18-14-9-6-12(17)10-15(14)19-16/h4-10H,3,17H2,1-2H3,(H,18,19). The highest BCUT2D eigenvalue weighted by Gasteiger charge is 2.11. The first kappa shape index (κ1) is 12.5. The van der Waals surface area contributed by atoms with Gasteiger partial charge in [0.25, 0.3) is 0 Å². The van der Waals surface area contributed by atoms with Crippen LogP contribution in [0.3, 0.4) is 0 Å². The van der Waals surface area contributed by atoms with Crippen LogP contribution < -0.4 is 10.6 Å². The Morgan fingerprint density at radius 3 is 2.60 bits per heavy atom. The van der Waals surface area contributed by atoms with Crippen LogP contribution in [0.2, 0.25) is 0 Å². The Morgan fingerprint density at radius 2 is 1.90 bits per heavy atom. The number of aromatic amines is 1. The number of aryl methyl sites for hydroxylation is 1. The molecule has 2 aromatic carbocycles. The molecule has 4 nitrogen and oxygen atoms in total. The molecule has 3 rings (SSSR count). The lowest BCUT2D eigenvalue weighted by atomic mass is 10.2. The van der Waals surface area contributed by atoms with Crippen molar-refractivity contribution in [2.45, 2.75) is 13.8 Å². The zero-order valence-corrected chi connectivity index (χ0v) is 11.7. The van der Waals surface area contributed by atoms with Crippen LogP contribution in [0.1, 0.15) is 12.5 Å².